The Bertz CT molecular complexity index is 653. The molecule has 0 atom stereocenters. The molecule has 1 N–H and O–H groups in total. The second kappa shape index (κ2) is 8.73. The van der Waals surface area contributed by atoms with E-state index in [9.17, 15) is 4.79 Å². The molecule has 2 aromatic rings. The number of halogens is 1. The van der Waals surface area contributed by atoms with Gasteiger partial charge >= 0.3 is 0 Å². The van der Waals surface area contributed by atoms with Gasteiger partial charge in [-0.05, 0) is 71.6 Å². The van der Waals surface area contributed by atoms with E-state index in [1.807, 2.05) is 19.1 Å². The van der Waals surface area contributed by atoms with E-state index in [1.165, 1.54) is 18.4 Å². The maximum absolute atomic E-state index is 12.3. The van der Waals surface area contributed by atoms with Gasteiger partial charge in [-0.3, -0.25) is 4.79 Å². The van der Waals surface area contributed by atoms with Crippen molar-refractivity contribution in [3.8, 4) is 5.75 Å². The first-order chi connectivity index (χ1) is 11.1. The molecule has 122 valence electrons. The lowest BCUT2D eigenvalue weighted by Crippen LogP contribution is -2.12. The molecule has 1 amide bonds. The second-order valence-electron chi connectivity index (χ2n) is 5.33. The van der Waals surface area contributed by atoms with Gasteiger partial charge in [0.15, 0.2) is 0 Å². The Kier molecular flexibility index (Phi) is 6.66. The lowest BCUT2D eigenvalue weighted by atomic mass is 10.1. The molecular formula is C19H22BrNO2. The summed E-state index contributed by atoms with van der Waals surface area (Å²) in [6, 6.07) is 13.4. The third-order valence-corrected chi connectivity index (χ3v) is 4.14. The molecule has 3 nitrogen and oxygen atoms in total. The molecule has 0 aliphatic carbocycles. The van der Waals surface area contributed by atoms with Crippen molar-refractivity contribution in [3.05, 3.63) is 58.1 Å². The number of unbranched alkanes of at least 4 members (excludes halogenated alkanes) is 1. The predicted molar refractivity (Wildman–Crippen MR) is 98.3 cm³/mol. The summed E-state index contributed by atoms with van der Waals surface area (Å²) in [7, 11) is 0. The first kappa shape index (κ1) is 17.5. The van der Waals surface area contributed by atoms with Gasteiger partial charge in [-0.1, -0.05) is 25.5 Å². The van der Waals surface area contributed by atoms with Crippen LogP contribution in [0.15, 0.2) is 46.9 Å². The minimum atomic E-state index is -0.130. The lowest BCUT2D eigenvalue weighted by molar-refractivity contribution is 0.102. The summed E-state index contributed by atoms with van der Waals surface area (Å²) in [4.78, 5) is 12.3. The van der Waals surface area contributed by atoms with Crippen molar-refractivity contribution in [3.63, 3.8) is 0 Å². The summed E-state index contributed by atoms with van der Waals surface area (Å²) in [6.07, 6.45) is 3.45. The topological polar surface area (TPSA) is 38.3 Å². The van der Waals surface area contributed by atoms with Crippen molar-refractivity contribution < 1.29 is 9.53 Å². The molecule has 0 aliphatic heterocycles. The fourth-order valence-electron chi connectivity index (χ4n) is 2.25. The van der Waals surface area contributed by atoms with Crippen LogP contribution in [0.4, 0.5) is 5.69 Å². The highest BCUT2D eigenvalue weighted by Gasteiger charge is 2.09. The van der Waals surface area contributed by atoms with E-state index in [4.69, 9.17) is 4.74 Å². The lowest BCUT2D eigenvalue weighted by Gasteiger charge is -2.09. The highest BCUT2D eigenvalue weighted by Crippen LogP contribution is 2.26. The van der Waals surface area contributed by atoms with Crippen molar-refractivity contribution in [2.24, 2.45) is 0 Å². The number of anilines is 1. The van der Waals surface area contributed by atoms with Gasteiger partial charge in [0.1, 0.15) is 5.75 Å². The quantitative estimate of drug-likeness (QED) is 0.699. The Morgan fingerprint density at radius 3 is 2.48 bits per heavy atom. The highest BCUT2D eigenvalue weighted by atomic mass is 79.9. The first-order valence-corrected chi connectivity index (χ1v) is 8.76. The van der Waals surface area contributed by atoms with Gasteiger partial charge in [0.05, 0.1) is 11.1 Å². The van der Waals surface area contributed by atoms with Gasteiger partial charge in [-0.25, -0.2) is 0 Å². The summed E-state index contributed by atoms with van der Waals surface area (Å²) in [5, 5.41) is 2.92. The van der Waals surface area contributed by atoms with Gasteiger partial charge in [0, 0.05) is 11.3 Å². The molecule has 23 heavy (non-hydrogen) atoms. The number of carbonyl (C=O) groups excluding carboxylic acids is 1. The molecule has 0 unspecified atom stereocenters. The highest BCUT2D eigenvalue weighted by molar-refractivity contribution is 9.10. The van der Waals surface area contributed by atoms with Gasteiger partial charge in [0.25, 0.3) is 5.91 Å². The van der Waals surface area contributed by atoms with Gasteiger partial charge in [-0.2, -0.15) is 0 Å². The molecule has 0 heterocycles. The van der Waals surface area contributed by atoms with Crippen LogP contribution in [-0.2, 0) is 6.42 Å². The van der Waals surface area contributed by atoms with Gasteiger partial charge < -0.3 is 10.1 Å². The number of carbonyl (C=O) groups is 1. The van der Waals surface area contributed by atoms with Crippen LogP contribution in [0.5, 0.6) is 5.75 Å². The average Bonchev–Trinajstić information content (AvgIpc) is 2.56. The Morgan fingerprint density at radius 2 is 1.87 bits per heavy atom. The maximum Gasteiger partial charge on any atom is 0.255 e. The van der Waals surface area contributed by atoms with Crippen LogP contribution in [0.25, 0.3) is 0 Å². The Labute approximate surface area is 146 Å². The average molecular weight is 376 g/mol. The van der Waals surface area contributed by atoms with Crippen molar-refractivity contribution in [2.75, 3.05) is 11.9 Å². The number of rotatable bonds is 7. The summed E-state index contributed by atoms with van der Waals surface area (Å²) >= 11 is 3.43. The minimum Gasteiger partial charge on any atom is -0.493 e. The molecule has 0 spiro atoms. The summed E-state index contributed by atoms with van der Waals surface area (Å²) in [5.41, 5.74) is 2.70. The van der Waals surface area contributed by atoms with Crippen LogP contribution in [-0.4, -0.2) is 12.5 Å². The summed E-state index contributed by atoms with van der Waals surface area (Å²) in [5.74, 6) is 0.611. The van der Waals surface area contributed by atoms with Crippen molar-refractivity contribution in [1.82, 2.24) is 0 Å². The van der Waals surface area contributed by atoms with Crippen LogP contribution < -0.4 is 10.1 Å². The zero-order chi connectivity index (χ0) is 16.7. The first-order valence-electron chi connectivity index (χ1n) is 7.96. The molecular weight excluding hydrogens is 354 g/mol. The number of ether oxygens (including phenoxy) is 1. The van der Waals surface area contributed by atoms with Crippen LogP contribution in [0.2, 0.25) is 0 Å². The largest absolute Gasteiger partial charge is 0.493 e. The molecule has 0 fully saturated rings. The monoisotopic (exact) mass is 375 g/mol. The van der Waals surface area contributed by atoms with Crippen LogP contribution >= 0.6 is 15.9 Å². The number of hydrogen-bond acceptors (Lipinski definition) is 2. The minimum absolute atomic E-state index is 0.130. The van der Waals surface area contributed by atoms with E-state index in [1.54, 1.807) is 18.2 Å². The summed E-state index contributed by atoms with van der Waals surface area (Å²) in [6.45, 7) is 4.70. The van der Waals surface area contributed by atoms with E-state index < -0.39 is 0 Å². The van der Waals surface area contributed by atoms with E-state index in [-0.39, 0.29) is 5.91 Å². The van der Waals surface area contributed by atoms with E-state index in [2.05, 4.69) is 40.3 Å². The molecule has 0 radical (unpaired) electrons. The Morgan fingerprint density at radius 1 is 1.13 bits per heavy atom. The van der Waals surface area contributed by atoms with Crippen molar-refractivity contribution >= 4 is 27.5 Å². The van der Waals surface area contributed by atoms with E-state index in [0.717, 1.165) is 22.3 Å². The van der Waals surface area contributed by atoms with Crippen LogP contribution in [0.1, 0.15) is 42.6 Å². The van der Waals surface area contributed by atoms with Crippen molar-refractivity contribution in [1.29, 1.82) is 0 Å². The van der Waals surface area contributed by atoms with Crippen molar-refractivity contribution in [2.45, 2.75) is 33.1 Å². The third kappa shape index (κ3) is 5.10. The number of aryl methyl sites for hydroxylation is 1. The fourth-order valence-corrected chi connectivity index (χ4v) is 2.75. The second-order valence-corrected chi connectivity index (χ2v) is 6.19. The number of hydrogen-bond donors (Lipinski definition) is 1. The molecule has 2 rings (SSSR count). The normalized spacial score (nSPS) is 10.4. The van der Waals surface area contributed by atoms with E-state index >= 15 is 0 Å². The number of nitrogens with one attached hydrogen (secondary N) is 1. The Hall–Kier alpha value is -1.81. The van der Waals surface area contributed by atoms with E-state index in [0.29, 0.717) is 12.2 Å². The molecule has 4 heteroatoms. The van der Waals surface area contributed by atoms with Crippen LogP contribution in [0.3, 0.4) is 0 Å². The molecule has 0 aliphatic rings. The van der Waals surface area contributed by atoms with Crippen LogP contribution in [0, 0.1) is 0 Å². The SMILES string of the molecule is CCCCc1ccc(NC(=O)c2ccc(OCC)c(Br)c2)cc1. The van der Waals surface area contributed by atoms with Gasteiger partial charge in [-0.15, -0.1) is 0 Å². The molecule has 0 bridgehead atoms. The number of amides is 1. The summed E-state index contributed by atoms with van der Waals surface area (Å²) < 4.78 is 6.24. The fraction of sp³-hybridized carbons (Fsp3) is 0.316. The zero-order valence-electron chi connectivity index (χ0n) is 13.6. The molecule has 2 aromatic carbocycles. The molecule has 0 saturated carbocycles. The predicted octanol–water partition coefficient (Wildman–Crippen LogP) is 5.44. The smallest absolute Gasteiger partial charge is 0.255 e. The Balaban J connectivity index is 2.02. The third-order valence-electron chi connectivity index (χ3n) is 3.52. The maximum atomic E-state index is 12.3. The zero-order valence-corrected chi connectivity index (χ0v) is 15.2. The number of benzene rings is 2. The molecule has 0 saturated heterocycles. The van der Waals surface area contributed by atoms with Gasteiger partial charge in [0.2, 0.25) is 0 Å². The molecule has 0 aromatic heterocycles. The standard InChI is InChI=1S/C19H22BrNO2/c1-3-5-6-14-7-10-16(11-8-14)21-19(22)15-9-12-18(23-4-2)17(20)13-15/h7-13H,3-6H2,1-2H3,(H,21,22).